The van der Waals surface area contributed by atoms with Crippen molar-refractivity contribution in [3.63, 3.8) is 0 Å². The van der Waals surface area contributed by atoms with Gasteiger partial charge in [-0.1, -0.05) is 12.1 Å². The Kier molecular flexibility index (Phi) is 5.36. The first-order valence-corrected chi connectivity index (χ1v) is 8.43. The van der Waals surface area contributed by atoms with E-state index in [0.29, 0.717) is 6.42 Å². The lowest BCUT2D eigenvalue weighted by molar-refractivity contribution is 0.1000. The van der Waals surface area contributed by atoms with Gasteiger partial charge in [0.15, 0.2) is 0 Å². The van der Waals surface area contributed by atoms with Crippen molar-refractivity contribution in [2.45, 2.75) is 11.3 Å². The van der Waals surface area contributed by atoms with Crippen molar-refractivity contribution >= 4 is 15.9 Å². The molecule has 0 spiro atoms. The third-order valence-electron chi connectivity index (χ3n) is 3.31. The molecule has 0 saturated carbocycles. The van der Waals surface area contributed by atoms with Gasteiger partial charge in [-0.05, 0) is 48.4 Å². The molecule has 3 N–H and O–H groups in total. The molecule has 0 heterocycles. The largest absolute Gasteiger partial charge is 0.497 e. The van der Waals surface area contributed by atoms with E-state index in [9.17, 15) is 13.2 Å². The van der Waals surface area contributed by atoms with Crippen molar-refractivity contribution in [2.24, 2.45) is 5.73 Å². The Morgan fingerprint density at radius 1 is 1.09 bits per heavy atom. The molecule has 23 heavy (non-hydrogen) atoms. The fraction of sp³-hybridized carbons (Fsp3) is 0.188. The summed E-state index contributed by atoms with van der Waals surface area (Å²) in [6.07, 6.45) is 0.558. The second-order valence-corrected chi connectivity index (χ2v) is 6.65. The highest BCUT2D eigenvalue weighted by Gasteiger charge is 2.13. The van der Waals surface area contributed by atoms with Gasteiger partial charge in [0.1, 0.15) is 5.75 Å². The Labute approximate surface area is 135 Å². The Hall–Kier alpha value is -2.38. The van der Waals surface area contributed by atoms with Gasteiger partial charge in [0.25, 0.3) is 0 Å². The van der Waals surface area contributed by atoms with E-state index in [1.54, 1.807) is 7.11 Å². The summed E-state index contributed by atoms with van der Waals surface area (Å²) in [5, 5.41) is 0. The fourth-order valence-corrected chi connectivity index (χ4v) is 3.04. The molecule has 0 bridgehead atoms. The van der Waals surface area contributed by atoms with Gasteiger partial charge in [0, 0.05) is 12.1 Å². The normalized spacial score (nSPS) is 11.2. The van der Waals surface area contributed by atoms with Crippen LogP contribution in [0.3, 0.4) is 0 Å². The van der Waals surface area contributed by atoms with Gasteiger partial charge in [-0.3, -0.25) is 4.79 Å². The third kappa shape index (κ3) is 4.54. The van der Waals surface area contributed by atoms with Gasteiger partial charge < -0.3 is 10.5 Å². The van der Waals surface area contributed by atoms with Crippen molar-refractivity contribution in [3.05, 3.63) is 59.7 Å². The van der Waals surface area contributed by atoms with Crippen molar-refractivity contribution in [1.29, 1.82) is 0 Å². The summed E-state index contributed by atoms with van der Waals surface area (Å²) < 4.78 is 31.9. The number of carbonyl (C=O) groups excluding carboxylic acids is 1. The maximum absolute atomic E-state index is 12.2. The first kappa shape index (κ1) is 17.0. The number of primary amides is 1. The van der Waals surface area contributed by atoms with Gasteiger partial charge in [0.2, 0.25) is 15.9 Å². The second kappa shape index (κ2) is 7.26. The number of benzene rings is 2. The number of methoxy groups -OCH3 is 1. The molecule has 2 rings (SSSR count). The smallest absolute Gasteiger partial charge is 0.248 e. The first-order valence-electron chi connectivity index (χ1n) is 6.95. The van der Waals surface area contributed by atoms with Crippen molar-refractivity contribution in [3.8, 4) is 5.75 Å². The quantitative estimate of drug-likeness (QED) is 0.797. The standard InChI is InChI=1S/C16H18N2O4S/c1-22-14-6-2-12(3-7-14)10-11-18-23(20,21)15-8-4-13(5-9-15)16(17)19/h2-9,18H,10-11H2,1H3,(H2,17,19). The highest BCUT2D eigenvalue weighted by molar-refractivity contribution is 7.89. The molecule has 0 atom stereocenters. The van der Waals surface area contributed by atoms with Crippen LogP contribution < -0.4 is 15.2 Å². The minimum Gasteiger partial charge on any atom is -0.497 e. The molecule has 2 aromatic rings. The van der Waals surface area contributed by atoms with Gasteiger partial charge in [0.05, 0.1) is 12.0 Å². The zero-order chi connectivity index (χ0) is 16.9. The molecule has 1 amide bonds. The van der Waals surface area contributed by atoms with E-state index < -0.39 is 15.9 Å². The average Bonchev–Trinajstić information content (AvgIpc) is 2.55. The molecule has 2 aromatic carbocycles. The van der Waals surface area contributed by atoms with Gasteiger partial charge in [-0.2, -0.15) is 0 Å². The van der Waals surface area contributed by atoms with Crippen molar-refractivity contribution in [2.75, 3.05) is 13.7 Å². The molecule has 0 saturated heterocycles. The summed E-state index contributed by atoms with van der Waals surface area (Å²) in [4.78, 5) is 11.1. The lowest BCUT2D eigenvalue weighted by Crippen LogP contribution is -2.26. The van der Waals surface area contributed by atoms with E-state index >= 15 is 0 Å². The lowest BCUT2D eigenvalue weighted by Gasteiger charge is -2.08. The maximum atomic E-state index is 12.2. The summed E-state index contributed by atoms with van der Waals surface area (Å²) in [6, 6.07) is 12.9. The highest BCUT2D eigenvalue weighted by atomic mass is 32.2. The molecular weight excluding hydrogens is 316 g/mol. The van der Waals surface area contributed by atoms with Gasteiger partial charge in [-0.25, -0.2) is 13.1 Å². The predicted octanol–water partition coefficient (Wildman–Crippen LogP) is 1.32. The van der Waals surface area contributed by atoms with E-state index in [2.05, 4.69) is 4.72 Å². The summed E-state index contributed by atoms with van der Waals surface area (Å²) in [5.41, 5.74) is 6.39. The van der Waals surface area contributed by atoms with E-state index in [-0.39, 0.29) is 17.0 Å². The maximum Gasteiger partial charge on any atom is 0.248 e. The van der Waals surface area contributed by atoms with Crippen LogP contribution in [-0.4, -0.2) is 28.0 Å². The fourth-order valence-electron chi connectivity index (χ4n) is 2.00. The summed E-state index contributed by atoms with van der Waals surface area (Å²) in [6.45, 7) is 0.270. The monoisotopic (exact) mass is 334 g/mol. The van der Waals surface area contributed by atoms with Crippen LogP contribution in [0.25, 0.3) is 0 Å². The molecule has 0 radical (unpaired) electrons. The summed E-state index contributed by atoms with van der Waals surface area (Å²) in [7, 11) is -2.02. The molecular formula is C16H18N2O4S. The van der Waals surface area contributed by atoms with Crippen LogP contribution in [0.5, 0.6) is 5.75 Å². The molecule has 0 unspecified atom stereocenters. The Morgan fingerprint density at radius 3 is 2.22 bits per heavy atom. The van der Waals surface area contributed by atoms with E-state index in [1.165, 1.54) is 24.3 Å². The molecule has 0 aliphatic carbocycles. The summed E-state index contributed by atoms with van der Waals surface area (Å²) in [5.74, 6) is 0.158. The van der Waals surface area contributed by atoms with Crippen molar-refractivity contribution < 1.29 is 17.9 Å². The number of rotatable bonds is 7. The van der Waals surface area contributed by atoms with Gasteiger partial charge >= 0.3 is 0 Å². The SMILES string of the molecule is COc1ccc(CCNS(=O)(=O)c2ccc(C(N)=O)cc2)cc1. The number of ether oxygens (including phenoxy) is 1. The highest BCUT2D eigenvalue weighted by Crippen LogP contribution is 2.13. The molecule has 7 heteroatoms. The van der Waals surface area contributed by atoms with Crippen LogP contribution in [0, 0.1) is 0 Å². The molecule has 0 aliphatic heterocycles. The molecule has 6 nitrogen and oxygen atoms in total. The minimum atomic E-state index is -3.61. The number of hydrogen-bond donors (Lipinski definition) is 2. The number of hydrogen-bond acceptors (Lipinski definition) is 4. The second-order valence-electron chi connectivity index (χ2n) is 4.88. The predicted molar refractivity (Wildman–Crippen MR) is 86.8 cm³/mol. The van der Waals surface area contributed by atoms with E-state index in [4.69, 9.17) is 10.5 Å². The van der Waals surface area contributed by atoms with Crippen LogP contribution in [-0.2, 0) is 16.4 Å². The molecule has 0 aliphatic rings. The summed E-state index contributed by atoms with van der Waals surface area (Å²) >= 11 is 0. The van der Waals surface area contributed by atoms with Gasteiger partial charge in [-0.15, -0.1) is 0 Å². The van der Waals surface area contributed by atoms with Crippen LogP contribution >= 0.6 is 0 Å². The van der Waals surface area contributed by atoms with Crippen LogP contribution in [0.2, 0.25) is 0 Å². The first-order chi connectivity index (χ1) is 10.9. The third-order valence-corrected chi connectivity index (χ3v) is 4.79. The number of sulfonamides is 1. The van der Waals surface area contributed by atoms with E-state index in [1.807, 2.05) is 24.3 Å². The molecule has 122 valence electrons. The topological polar surface area (TPSA) is 98.5 Å². The van der Waals surface area contributed by atoms with Crippen molar-refractivity contribution in [1.82, 2.24) is 4.72 Å². The lowest BCUT2D eigenvalue weighted by atomic mass is 10.1. The Balaban J connectivity index is 1.96. The number of carbonyl (C=O) groups is 1. The zero-order valence-corrected chi connectivity index (χ0v) is 13.5. The Bertz CT molecular complexity index is 769. The molecule has 0 fully saturated rings. The van der Waals surface area contributed by atoms with E-state index in [0.717, 1.165) is 11.3 Å². The number of nitrogens with one attached hydrogen (secondary N) is 1. The Morgan fingerprint density at radius 2 is 1.70 bits per heavy atom. The number of amides is 1. The van der Waals surface area contributed by atoms with Crippen LogP contribution in [0.4, 0.5) is 0 Å². The van der Waals surface area contributed by atoms with Crippen LogP contribution in [0.1, 0.15) is 15.9 Å². The number of nitrogens with two attached hydrogens (primary N) is 1. The minimum absolute atomic E-state index is 0.0947. The zero-order valence-electron chi connectivity index (χ0n) is 12.7. The van der Waals surface area contributed by atoms with Crippen LogP contribution in [0.15, 0.2) is 53.4 Å². The average molecular weight is 334 g/mol. The molecule has 0 aromatic heterocycles.